The molecule has 0 aromatic heterocycles. The van der Waals surface area contributed by atoms with Gasteiger partial charge in [-0.25, -0.2) is 0 Å². The predicted molar refractivity (Wildman–Crippen MR) is 88.4 cm³/mol. The van der Waals surface area contributed by atoms with Crippen molar-refractivity contribution in [2.24, 2.45) is 0 Å². The summed E-state index contributed by atoms with van der Waals surface area (Å²) in [6.45, 7) is 0. The fourth-order valence-electron chi connectivity index (χ4n) is 3.24. The zero-order valence-electron chi connectivity index (χ0n) is 13.0. The number of nitriles is 1. The number of hydrogen-bond acceptors (Lipinski definition) is 3. The van der Waals surface area contributed by atoms with Gasteiger partial charge in [0.25, 0.3) is 0 Å². The number of methoxy groups -OCH3 is 1. The van der Waals surface area contributed by atoms with Crippen LogP contribution in [0.4, 0.5) is 5.69 Å². The van der Waals surface area contributed by atoms with Crippen LogP contribution in [0.5, 0.6) is 5.75 Å². The van der Waals surface area contributed by atoms with Gasteiger partial charge >= 0.3 is 0 Å². The van der Waals surface area contributed by atoms with E-state index in [0.717, 1.165) is 30.7 Å². The zero-order chi connectivity index (χ0) is 15.5. The molecule has 0 saturated heterocycles. The molecular formula is C19H20N2O. The Balaban J connectivity index is 1.82. The molecule has 0 fully saturated rings. The van der Waals surface area contributed by atoms with Crippen molar-refractivity contribution in [1.82, 2.24) is 0 Å². The monoisotopic (exact) mass is 292 g/mol. The standard InChI is InChI=1S/C19H20N2O/c1-21(16-9-6-14(13-20)7-10-16)17-11-8-15-4-3-5-19(22-2)18(15)12-17/h3-7,9-10,17H,8,11-12H2,1-2H3/t17-/m0/s1. The lowest BCUT2D eigenvalue weighted by Crippen LogP contribution is -2.36. The van der Waals surface area contributed by atoms with Gasteiger partial charge in [0.2, 0.25) is 0 Å². The average molecular weight is 292 g/mol. The normalized spacial score (nSPS) is 16.5. The van der Waals surface area contributed by atoms with E-state index in [1.165, 1.54) is 11.1 Å². The molecule has 2 aromatic carbocycles. The van der Waals surface area contributed by atoms with E-state index in [2.05, 4.69) is 30.1 Å². The van der Waals surface area contributed by atoms with E-state index in [1.807, 2.05) is 30.3 Å². The highest BCUT2D eigenvalue weighted by molar-refractivity contribution is 5.51. The van der Waals surface area contributed by atoms with Crippen LogP contribution in [0.3, 0.4) is 0 Å². The van der Waals surface area contributed by atoms with Gasteiger partial charge in [0.1, 0.15) is 5.75 Å². The molecule has 1 atom stereocenters. The third kappa shape index (κ3) is 2.65. The molecule has 112 valence electrons. The summed E-state index contributed by atoms with van der Waals surface area (Å²) in [4.78, 5) is 2.32. The van der Waals surface area contributed by atoms with Crippen molar-refractivity contribution in [3.63, 3.8) is 0 Å². The maximum absolute atomic E-state index is 8.91. The quantitative estimate of drug-likeness (QED) is 0.868. The lowest BCUT2D eigenvalue weighted by atomic mass is 9.87. The SMILES string of the molecule is COc1cccc2c1C[C@@H](N(C)c1ccc(C#N)cc1)CC2. The summed E-state index contributed by atoms with van der Waals surface area (Å²) in [6.07, 6.45) is 3.21. The first-order valence-electron chi connectivity index (χ1n) is 7.60. The van der Waals surface area contributed by atoms with E-state index in [9.17, 15) is 0 Å². The van der Waals surface area contributed by atoms with E-state index >= 15 is 0 Å². The number of likely N-dealkylation sites (N-methyl/N-ethyl adjacent to an activating group) is 1. The largest absolute Gasteiger partial charge is 0.496 e. The van der Waals surface area contributed by atoms with E-state index < -0.39 is 0 Å². The third-order valence-electron chi connectivity index (χ3n) is 4.59. The minimum absolute atomic E-state index is 0.455. The van der Waals surface area contributed by atoms with Crippen molar-refractivity contribution < 1.29 is 4.74 Å². The van der Waals surface area contributed by atoms with Gasteiger partial charge in [0, 0.05) is 18.8 Å². The number of rotatable bonds is 3. The summed E-state index contributed by atoms with van der Waals surface area (Å²) in [5.41, 5.74) is 4.60. The van der Waals surface area contributed by atoms with E-state index in [-0.39, 0.29) is 0 Å². The number of benzene rings is 2. The topological polar surface area (TPSA) is 36.3 Å². The maximum atomic E-state index is 8.91. The molecule has 2 aromatic rings. The number of fused-ring (bicyclic) bond motifs is 1. The van der Waals surface area contributed by atoms with Gasteiger partial charge in [-0.2, -0.15) is 5.26 Å². The van der Waals surface area contributed by atoms with Crippen LogP contribution in [0.15, 0.2) is 42.5 Å². The van der Waals surface area contributed by atoms with Gasteiger partial charge in [0.15, 0.2) is 0 Å². The first kappa shape index (κ1) is 14.5. The van der Waals surface area contributed by atoms with E-state index in [4.69, 9.17) is 10.00 Å². The Morgan fingerprint density at radius 3 is 2.64 bits per heavy atom. The smallest absolute Gasteiger partial charge is 0.122 e. The van der Waals surface area contributed by atoms with Gasteiger partial charge in [-0.15, -0.1) is 0 Å². The molecule has 1 aliphatic carbocycles. The van der Waals surface area contributed by atoms with Gasteiger partial charge in [-0.05, 0) is 60.7 Å². The second kappa shape index (κ2) is 6.11. The summed E-state index contributed by atoms with van der Waals surface area (Å²) in [7, 11) is 3.87. The van der Waals surface area contributed by atoms with Crippen LogP contribution in [0.25, 0.3) is 0 Å². The Morgan fingerprint density at radius 2 is 1.95 bits per heavy atom. The fourth-order valence-corrected chi connectivity index (χ4v) is 3.24. The highest BCUT2D eigenvalue weighted by Crippen LogP contribution is 2.32. The van der Waals surface area contributed by atoms with Gasteiger partial charge < -0.3 is 9.64 Å². The molecule has 1 aliphatic rings. The number of nitrogens with zero attached hydrogens (tertiary/aromatic N) is 2. The Bertz CT molecular complexity index is 686. The minimum Gasteiger partial charge on any atom is -0.496 e. The van der Waals surface area contributed by atoms with Crippen molar-refractivity contribution >= 4 is 5.69 Å². The molecule has 0 amide bonds. The summed E-state index contributed by atoms with van der Waals surface area (Å²) in [6, 6.07) is 16.7. The van der Waals surface area contributed by atoms with Crippen molar-refractivity contribution in [2.45, 2.75) is 25.3 Å². The molecule has 0 bridgehead atoms. The highest BCUT2D eigenvalue weighted by atomic mass is 16.5. The second-order valence-corrected chi connectivity index (χ2v) is 5.76. The van der Waals surface area contributed by atoms with E-state index in [1.54, 1.807) is 7.11 Å². The highest BCUT2D eigenvalue weighted by Gasteiger charge is 2.24. The second-order valence-electron chi connectivity index (χ2n) is 5.76. The molecule has 0 N–H and O–H groups in total. The molecule has 3 rings (SSSR count). The van der Waals surface area contributed by atoms with Gasteiger partial charge in [-0.1, -0.05) is 12.1 Å². The van der Waals surface area contributed by atoms with Crippen LogP contribution in [0.1, 0.15) is 23.1 Å². The average Bonchev–Trinajstić information content (AvgIpc) is 2.60. The Morgan fingerprint density at radius 1 is 1.18 bits per heavy atom. The van der Waals surface area contributed by atoms with Crippen molar-refractivity contribution in [3.05, 3.63) is 59.2 Å². The van der Waals surface area contributed by atoms with Crippen molar-refractivity contribution in [1.29, 1.82) is 5.26 Å². The molecular weight excluding hydrogens is 272 g/mol. The molecule has 0 heterocycles. The summed E-state index contributed by atoms with van der Waals surface area (Å²) >= 11 is 0. The first-order valence-corrected chi connectivity index (χ1v) is 7.60. The molecule has 0 saturated carbocycles. The van der Waals surface area contributed by atoms with Crippen LogP contribution >= 0.6 is 0 Å². The lowest BCUT2D eigenvalue weighted by molar-refractivity contribution is 0.402. The fraction of sp³-hybridized carbons (Fsp3) is 0.316. The van der Waals surface area contributed by atoms with Crippen LogP contribution in [-0.4, -0.2) is 20.2 Å². The molecule has 3 heteroatoms. The van der Waals surface area contributed by atoms with Gasteiger partial charge in [-0.3, -0.25) is 0 Å². The maximum Gasteiger partial charge on any atom is 0.122 e. The molecule has 0 radical (unpaired) electrons. The lowest BCUT2D eigenvalue weighted by Gasteiger charge is -2.34. The van der Waals surface area contributed by atoms with Crippen LogP contribution in [0.2, 0.25) is 0 Å². The molecule has 0 unspecified atom stereocenters. The molecule has 0 aliphatic heterocycles. The molecule has 3 nitrogen and oxygen atoms in total. The predicted octanol–water partition coefficient (Wildman–Crippen LogP) is 3.56. The van der Waals surface area contributed by atoms with Crippen LogP contribution in [-0.2, 0) is 12.8 Å². The molecule has 0 spiro atoms. The number of ether oxygens (including phenoxy) is 1. The molecule has 22 heavy (non-hydrogen) atoms. The zero-order valence-corrected chi connectivity index (χ0v) is 13.0. The minimum atomic E-state index is 0.455. The number of anilines is 1. The van der Waals surface area contributed by atoms with Gasteiger partial charge in [0.05, 0.1) is 18.7 Å². The summed E-state index contributed by atoms with van der Waals surface area (Å²) < 4.78 is 5.52. The summed E-state index contributed by atoms with van der Waals surface area (Å²) in [5.74, 6) is 0.996. The number of aryl methyl sites for hydroxylation is 1. The van der Waals surface area contributed by atoms with Crippen molar-refractivity contribution in [2.75, 3.05) is 19.1 Å². The summed E-state index contributed by atoms with van der Waals surface area (Å²) in [5, 5.41) is 8.91. The van der Waals surface area contributed by atoms with Crippen molar-refractivity contribution in [3.8, 4) is 11.8 Å². The first-order chi connectivity index (χ1) is 10.7. The van der Waals surface area contributed by atoms with Crippen LogP contribution < -0.4 is 9.64 Å². The Kier molecular flexibility index (Phi) is 4.02. The Hall–Kier alpha value is -2.47. The van der Waals surface area contributed by atoms with E-state index in [0.29, 0.717) is 11.6 Å². The third-order valence-corrected chi connectivity index (χ3v) is 4.59. The Labute approximate surface area is 131 Å². The van der Waals surface area contributed by atoms with Crippen LogP contribution in [0, 0.1) is 11.3 Å². The number of hydrogen-bond donors (Lipinski definition) is 0.